The molecule has 0 spiro atoms. The highest BCUT2D eigenvalue weighted by atomic mass is 16.5. The summed E-state index contributed by atoms with van der Waals surface area (Å²) in [6.45, 7) is 10.0. The van der Waals surface area contributed by atoms with Crippen LogP contribution in [0.3, 0.4) is 0 Å². The molecule has 0 aliphatic rings. The van der Waals surface area contributed by atoms with Crippen molar-refractivity contribution in [2.24, 2.45) is 0 Å². The van der Waals surface area contributed by atoms with E-state index in [0.29, 0.717) is 13.2 Å². The normalized spacial score (nSPS) is 11.3. The third-order valence-electron chi connectivity index (χ3n) is 11.2. The number of benzene rings is 2. The number of hydrogen-bond acceptors (Lipinski definition) is 4. The van der Waals surface area contributed by atoms with E-state index in [1.165, 1.54) is 138 Å². The number of carbonyl (C=O) groups is 2. The van der Waals surface area contributed by atoms with Gasteiger partial charge < -0.3 is 9.47 Å². The average Bonchev–Trinajstić information content (AvgIpc) is 3.18. The van der Waals surface area contributed by atoms with Gasteiger partial charge >= 0.3 is 11.9 Å². The van der Waals surface area contributed by atoms with Crippen LogP contribution in [0.4, 0.5) is 0 Å². The molecule has 0 saturated carbocycles. The van der Waals surface area contributed by atoms with Crippen LogP contribution in [0.5, 0.6) is 0 Å². The SMILES string of the molecule is CCCCCCCCOC(=O)c1cccc(CCCCc2cccc(C(=O)OCCCCCCCC)c2CCCCCCCC)c1CCCCCCCC. The zero-order valence-electron chi connectivity index (χ0n) is 35.7. The minimum absolute atomic E-state index is 0.147. The molecule has 0 aliphatic carbocycles. The van der Waals surface area contributed by atoms with Crippen LogP contribution in [-0.4, -0.2) is 25.2 Å². The van der Waals surface area contributed by atoms with Crippen LogP contribution in [0.2, 0.25) is 0 Å². The van der Waals surface area contributed by atoms with Crippen LogP contribution in [0.25, 0.3) is 0 Å². The maximum atomic E-state index is 13.4. The van der Waals surface area contributed by atoms with Gasteiger partial charge in [0, 0.05) is 0 Å². The van der Waals surface area contributed by atoms with Crippen LogP contribution in [0.15, 0.2) is 36.4 Å². The molecule has 4 heteroatoms. The lowest BCUT2D eigenvalue weighted by Gasteiger charge is -2.16. The fourth-order valence-electron chi connectivity index (χ4n) is 7.76. The Kier molecular flexibility index (Phi) is 28.7. The van der Waals surface area contributed by atoms with Crippen molar-refractivity contribution in [3.05, 3.63) is 69.8 Å². The number of rotatable bonds is 35. The summed E-state index contributed by atoms with van der Waals surface area (Å²) in [6, 6.07) is 12.6. The van der Waals surface area contributed by atoms with Gasteiger partial charge in [0.05, 0.1) is 24.3 Å². The highest BCUT2D eigenvalue weighted by Crippen LogP contribution is 2.25. The standard InChI is InChI=1S/C50H82O4/c1-5-9-13-17-21-25-37-45-43(35-31-39-47(45)49(51)53-41-29-23-19-15-11-7-3)33-27-28-34-44-36-32-40-48(46(44)38-26-22-18-14-10-6-2)50(52)54-42-30-24-20-16-12-8-4/h31-32,35-36,39-40H,5-30,33-34,37-38,41-42H2,1-4H3. The van der Waals surface area contributed by atoms with Crippen molar-refractivity contribution in [2.45, 2.75) is 220 Å². The second-order valence-electron chi connectivity index (χ2n) is 15.9. The van der Waals surface area contributed by atoms with Gasteiger partial charge in [-0.25, -0.2) is 9.59 Å². The Balaban J connectivity index is 2.09. The number of unbranched alkanes of at least 4 members (excludes halogenated alkanes) is 21. The monoisotopic (exact) mass is 747 g/mol. The molecule has 0 atom stereocenters. The van der Waals surface area contributed by atoms with Crippen molar-refractivity contribution >= 4 is 11.9 Å². The molecule has 0 fully saturated rings. The minimum Gasteiger partial charge on any atom is -0.462 e. The van der Waals surface area contributed by atoms with Crippen LogP contribution < -0.4 is 0 Å². The molecule has 2 rings (SSSR count). The van der Waals surface area contributed by atoms with E-state index in [1.54, 1.807) is 0 Å². The van der Waals surface area contributed by atoms with Crippen molar-refractivity contribution in [3.63, 3.8) is 0 Å². The molecule has 2 aromatic carbocycles. The van der Waals surface area contributed by atoms with Gasteiger partial charge in [-0.05, 0) is 98.6 Å². The van der Waals surface area contributed by atoms with Crippen LogP contribution >= 0.6 is 0 Å². The minimum atomic E-state index is -0.147. The Morgan fingerprint density at radius 2 is 0.667 bits per heavy atom. The summed E-state index contributed by atoms with van der Waals surface area (Å²) in [5.41, 5.74) is 6.58. The number of hydrogen-bond donors (Lipinski definition) is 0. The van der Waals surface area contributed by atoms with Crippen molar-refractivity contribution in [3.8, 4) is 0 Å². The summed E-state index contributed by atoms with van der Waals surface area (Å²) in [4.78, 5) is 26.8. The largest absolute Gasteiger partial charge is 0.462 e. The third-order valence-corrected chi connectivity index (χ3v) is 11.2. The Morgan fingerprint density at radius 1 is 0.370 bits per heavy atom. The van der Waals surface area contributed by atoms with Crippen LogP contribution in [0, 0.1) is 0 Å². The van der Waals surface area contributed by atoms with E-state index < -0.39 is 0 Å². The van der Waals surface area contributed by atoms with Gasteiger partial charge in [-0.2, -0.15) is 0 Å². The maximum Gasteiger partial charge on any atom is 0.338 e. The first-order valence-electron chi connectivity index (χ1n) is 23.1. The zero-order valence-corrected chi connectivity index (χ0v) is 35.7. The van der Waals surface area contributed by atoms with Gasteiger partial charge in [0.2, 0.25) is 0 Å². The molecule has 0 N–H and O–H groups in total. The molecule has 0 heterocycles. The van der Waals surface area contributed by atoms with Gasteiger partial charge in [0.1, 0.15) is 0 Å². The maximum absolute atomic E-state index is 13.4. The second kappa shape index (κ2) is 32.6. The molecular formula is C50H82O4. The van der Waals surface area contributed by atoms with Gasteiger partial charge in [-0.1, -0.05) is 180 Å². The lowest BCUT2D eigenvalue weighted by Crippen LogP contribution is -2.12. The quantitative estimate of drug-likeness (QED) is 0.0520. The topological polar surface area (TPSA) is 52.6 Å². The molecule has 0 radical (unpaired) electrons. The Hall–Kier alpha value is -2.62. The summed E-state index contributed by atoms with van der Waals surface area (Å²) >= 11 is 0. The molecule has 306 valence electrons. The van der Waals surface area contributed by atoms with E-state index in [1.807, 2.05) is 12.1 Å². The molecular weight excluding hydrogens is 665 g/mol. The van der Waals surface area contributed by atoms with E-state index in [-0.39, 0.29) is 11.9 Å². The summed E-state index contributed by atoms with van der Waals surface area (Å²) < 4.78 is 11.7. The molecule has 0 aliphatic heterocycles. The van der Waals surface area contributed by atoms with Crippen LogP contribution in [0.1, 0.15) is 238 Å². The van der Waals surface area contributed by atoms with E-state index >= 15 is 0 Å². The molecule has 0 aromatic heterocycles. The molecule has 0 bridgehead atoms. The zero-order chi connectivity index (χ0) is 38.9. The van der Waals surface area contributed by atoms with Gasteiger partial charge in [0.25, 0.3) is 0 Å². The Labute approximate surface area is 333 Å². The number of aryl methyl sites for hydroxylation is 2. The molecule has 54 heavy (non-hydrogen) atoms. The number of ether oxygens (including phenoxy) is 2. The summed E-state index contributed by atoms with van der Waals surface area (Å²) in [7, 11) is 0. The Bertz CT molecular complexity index is 1140. The predicted molar refractivity (Wildman–Crippen MR) is 231 cm³/mol. The molecule has 0 amide bonds. The first-order valence-corrected chi connectivity index (χ1v) is 23.1. The smallest absolute Gasteiger partial charge is 0.338 e. The number of carbonyl (C=O) groups excluding carboxylic acids is 2. The van der Waals surface area contributed by atoms with Crippen LogP contribution in [-0.2, 0) is 35.2 Å². The Morgan fingerprint density at radius 3 is 1.02 bits per heavy atom. The summed E-state index contributed by atoms with van der Waals surface area (Å²) in [5.74, 6) is -0.295. The first kappa shape index (κ1) is 47.5. The van der Waals surface area contributed by atoms with E-state index in [2.05, 4.69) is 52.0 Å². The molecule has 0 unspecified atom stereocenters. The van der Waals surface area contributed by atoms with Crippen molar-refractivity contribution in [1.82, 2.24) is 0 Å². The van der Waals surface area contributed by atoms with Crippen molar-refractivity contribution in [2.75, 3.05) is 13.2 Å². The lowest BCUT2D eigenvalue weighted by molar-refractivity contribution is 0.0487. The van der Waals surface area contributed by atoms with Gasteiger partial charge in [-0.3, -0.25) is 0 Å². The van der Waals surface area contributed by atoms with E-state index in [9.17, 15) is 9.59 Å². The highest BCUT2D eigenvalue weighted by molar-refractivity contribution is 5.92. The van der Waals surface area contributed by atoms with Crippen molar-refractivity contribution in [1.29, 1.82) is 0 Å². The summed E-state index contributed by atoms with van der Waals surface area (Å²) in [6.07, 6.45) is 34.9. The molecule has 0 saturated heterocycles. The van der Waals surface area contributed by atoms with Crippen molar-refractivity contribution < 1.29 is 19.1 Å². The first-order chi connectivity index (χ1) is 26.6. The fraction of sp³-hybridized carbons (Fsp3) is 0.720. The number of esters is 2. The highest BCUT2D eigenvalue weighted by Gasteiger charge is 2.18. The summed E-state index contributed by atoms with van der Waals surface area (Å²) in [5, 5.41) is 0. The molecule has 2 aromatic rings. The van der Waals surface area contributed by atoms with E-state index in [4.69, 9.17) is 9.47 Å². The predicted octanol–water partition coefficient (Wildman–Crippen LogP) is 15.1. The average molecular weight is 747 g/mol. The lowest BCUT2D eigenvalue weighted by atomic mass is 9.90. The van der Waals surface area contributed by atoms with Gasteiger partial charge in [-0.15, -0.1) is 0 Å². The fourth-order valence-corrected chi connectivity index (χ4v) is 7.76. The van der Waals surface area contributed by atoms with Gasteiger partial charge in [0.15, 0.2) is 0 Å². The third kappa shape index (κ3) is 20.9. The second-order valence-corrected chi connectivity index (χ2v) is 15.9. The van der Waals surface area contributed by atoms with E-state index in [0.717, 1.165) is 88.2 Å². The molecule has 4 nitrogen and oxygen atoms in total.